The Morgan fingerprint density at radius 1 is 1.21 bits per heavy atom. The van der Waals surface area contributed by atoms with E-state index in [9.17, 15) is 4.39 Å². The van der Waals surface area contributed by atoms with Gasteiger partial charge < -0.3 is 10.5 Å². The number of halogens is 3. The minimum Gasteiger partial charge on any atom is -0.496 e. The zero-order valence-corrected chi connectivity index (χ0v) is 12.5. The normalized spacial score (nSPS) is 12.3. The third kappa shape index (κ3) is 3.08. The van der Waals surface area contributed by atoms with Crippen LogP contribution in [0.4, 0.5) is 4.39 Å². The van der Waals surface area contributed by atoms with Gasteiger partial charge >= 0.3 is 0 Å². The molecule has 2 aromatic rings. The lowest BCUT2D eigenvalue weighted by Crippen LogP contribution is -2.12. The van der Waals surface area contributed by atoms with Crippen molar-refractivity contribution in [3.05, 3.63) is 62.8 Å². The molecular weight excluding hydrogens is 333 g/mol. The molecule has 2 nitrogen and oxygen atoms in total. The Kier molecular flexibility index (Phi) is 4.45. The van der Waals surface area contributed by atoms with Gasteiger partial charge in [0, 0.05) is 0 Å². The highest BCUT2D eigenvalue weighted by Crippen LogP contribution is 2.30. The highest BCUT2D eigenvalue weighted by Gasteiger charge is 2.13. The summed E-state index contributed by atoms with van der Waals surface area (Å²) in [5.74, 6) is 0.250. The van der Waals surface area contributed by atoms with Crippen molar-refractivity contribution in [3.8, 4) is 5.75 Å². The Bertz CT molecular complexity index is 606. The maximum atomic E-state index is 13.4. The molecule has 0 saturated carbocycles. The van der Waals surface area contributed by atoms with E-state index in [0.717, 1.165) is 15.8 Å². The number of ether oxygens (including phenoxy) is 1. The molecule has 0 amide bonds. The molecule has 0 aromatic heterocycles. The molecule has 0 fully saturated rings. The first-order valence-corrected chi connectivity index (χ1v) is 6.74. The van der Waals surface area contributed by atoms with Gasteiger partial charge in [-0.1, -0.05) is 23.7 Å². The summed E-state index contributed by atoms with van der Waals surface area (Å²) in [6.45, 7) is 0. The van der Waals surface area contributed by atoms with Crippen LogP contribution in [-0.2, 0) is 0 Å². The predicted molar refractivity (Wildman–Crippen MR) is 78.1 cm³/mol. The molecule has 1 unspecified atom stereocenters. The number of methoxy groups -OCH3 is 1. The number of hydrogen-bond donors (Lipinski definition) is 1. The van der Waals surface area contributed by atoms with Gasteiger partial charge in [0.2, 0.25) is 0 Å². The van der Waals surface area contributed by atoms with Crippen molar-refractivity contribution >= 4 is 27.5 Å². The summed E-state index contributed by atoms with van der Waals surface area (Å²) in [5.41, 5.74) is 7.65. The van der Waals surface area contributed by atoms with Crippen molar-refractivity contribution in [1.82, 2.24) is 0 Å². The number of hydrogen-bond acceptors (Lipinski definition) is 2. The fourth-order valence-electron chi connectivity index (χ4n) is 1.77. The Morgan fingerprint density at radius 2 is 1.84 bits per heavy atom. The fraction of sp³-hybridized carbons (Fsp3) is 0.143. The molecular formula is C14H12BrClFNO. The molecule has 0 aliphatic rings. The second-order valence-electron chi connectivity index (χ2n) is 4.05. The lowest BCUT2D eigenvalue weighted by Gasteiger charge is -2.14. The van der Waals surface area contributed by atoms with Crippen molar-refractivity contribution in [2.45, 2.75) is 6.04 Å². The standard InChI is InChI=1S/C14H12BrClFNO/c1-19-13-5-3-8(6-10(13)15)14(18)9-2-4-11(16)12(17)7-9/h2-7,14H,18H2,1H3. The highest BCUT2D eigenvalue weighted by molar-refractivity contribution is 9.10. The van der Waals surface area contributed by atoms with Crippen LogP contribution in [0.3, 0.4) is 0 Å². The highest BCUT2D eigenvalue weighted by atomic mass is 79.9. The van der Waals surface area contributed by atoms with Crippen molar-refractivity contribution in [3.63, 3.8) is 0 Å². The van der Waals surface area contributed by atoms with Gasteiger partial charge in [0.1, 0.15) is 11.6 Å². The number of rotatable bonds is 3. The average molecular weight is 345 g/mol. The minimum absolute atomic E-state index is 0.0897. The molecule has 0 radical (unpaired) electrons. The summed E-state index contributed by atoms with van der Waals surface area (Å²) in [4.78, 5) is 0. The molecule has 0 aliphatic heterocycles. The molecule has 2 rings (SSSR count). The van der Waals surface area contributed by atoms with E-state index in [1.807, 2.05) is 18.2 Å². The SMILES string of the molecule is COc1ccc(C(N)c2ccc(Cl)c(F)c2)cc1Br. The first kappa shape index (κ1) is 14.3. The Balaban J connectivity index is 2.35. The monoisotopic (exact) mass is 343 g/mol. The number of benzene rings is 2. The summed E-state index contributed by atoms with van der Waals surface area (Å²) in [7, 11) is 1.59. The van der Waals surface area contributed by atoms with Crippen molar-refractivity contribution < 1.29 is 9.13 Å². The van der Waals surface area contributed by atoms with E-state index in [2.05, 4.69) is 15.9 Å². The number of nitrogens with two attached hydrogens (primary N) is 1. The van der Waals surface area contributed by atoms with Crippen LogP contribution in [-0.4, -0.2) is 7.11 Å². The average Bonchev–Trinajstić information content (AvgIpc) is 2.41. The summed E-state index contributed by atoms with van der Waals surface area (Å²) >= 11 is 9.05. The molecule has 0 heterocycles. The molecule has 5 heteroatoms. The van der Waals surface area contributed by atoms with Crippen LogP contribution in [0.5, 0.6) is 5.75 Å². The molecule has 0 bridgehead atoms. The Hall–Kier alpha value is -1.10. The van der Waals surface area contributed by atoms with E-state index >= 15 is 0 Å². The van der Waals surface area contributed by atoms with Gasteiger partial charge in [0.15, 0.2) is 0 Å². The van der Waals surface area contributed by atoms with Gasteiger partial charge in [0.25, 0.3) is 0 Å². The maximum Gasteiger partial charge on any atom is 0.142 e. The van der Waals surface area contributed by atoms with Crippen LogP contribution in [0.1, 0.15) is 17.2 Å². The quantitative estimate of drug-likeness (QED) is 0.901. The molecule has 100 valence electrons. The van der Waals surface area contributed by atoms with Gasteiger partial charge in [-0.25, -0.2) is 4.39 Å². The lowest BCUT2D eigenvalue weighted by atomic mass is 9.99. The smallest absolute Gasteiger partial charge is 0.142 e. The molecule has 19 heavy (non-hydrogen) atoms. The van der Waals surface area contributed by atoms with Crippen LogP contribution in [0.25, 0.3) is 0 Å². The first-order valence-electron chi connectivity index (χ1n) is 5.57. The van der Waals surface area contributed by atoms with E-state index in [0.29, 0.717) is 5.56 Å². The van der Waals surface area contributed by atoms with Crippen LogP contribution >= 0.6 is 27.5 Å². The van der Waals surface area contributed by atoms with Crippen LogP contribution < -0.4 is 10.5 Å². The molecule has 0 spiro atoms. The summed E-state index contributed by atoms with van der Waals surface area (Å²) in [6, 6.07) is 9.67. The van der Waals surface area contributed by atoms with Gasteiger partial charge in [-0.15, -0.1) is 0 Å². The lowest BCUT2D eigenvalue weighted by molar-refractivity contribution is 0.412. The van der Waals surface area contributed by atoms with E-state index in [4.69, 9.17) is 22.1 Å². The summed E-state index contributed by atoms with van der Waals surface area (Å²) in [6.07, 6.45) is 0. The fourth-order valence-corrected chi connectivity index (χ4v) is 2.45. The molecule has 2 N–H and O–H groups in total. The van der Waals surface area contributed by atoms with Crippen LogP contribution in [0.2, 0.25) is 5.02 Å². The molecule has 1 atom stereocenters. The maximum absolute atomic E-state index is 13.4. The topological polar surface area (TPSA) is 35.2 Å². The zero-order valence-electron chi connectivity index (χ0n) is 10.2. The largest absolute Gasteiger partial charge is 0.496 e. The van der Waals surface area contributed by atoms with Crippen molar-refractivity contribution in [1.29, 1.82) is 0 Å². The summed E-state index contributed by atoms with van der Waals surface area (Å²) in [5, 5.41) is 0.0897. The van der Waals surface area contributed by atoms with Crippen molar-refractivity contribution in [2.75, 3.05) is 7.11 Å². The van der Waals surface area contributed by atoms with Gasteiger partial charge in [-0.05, 0) is 51.3 Å². The second-order valence-corrected chi connectivity index (χ2v) is 5.31. The van der Waals surface area contributed by atoms with E-state index in [1.54, 1.807) is 13.2 Å². The van der Waals surface area contributed by atoms with Gasteiger partial charge in [-0.2, -0.15) is 0 Å². The molecule has 2 aromatic carbocycles. The van der Waals surface area contributed by atoms with Gasteiger partial charge in [0.05, 0.1) is 22.6 Å². The van der Waals surface area contributed by atoms with Gasteiger partial charge in [-0.3, -0.25) is 0 Å². The Labute approximate surface area is 124 Å². The van der Waals surface area contributed by atoms with E-state index in [1.165, 1.54) is 12.1 Å². The Morgan fingerprint density at radius 3 is 2.42 bits per heavy atom. The first-order chi connectivity index (χ1) is 9.02. The zero-order chi connectivity index (χ0) is 14.0. The second kappa shape index (κ2) is 5.90. The van der Waals surface area contributed by atoms with Crippen LogP contribution in [0.15, 0.2) is 40.9 Å². The van der Waals surface area contributed by atoms with Crippen molar-refractivity contribution in [2.24, 2.45) is 5.73 Å². The van der Waals surface area contributed by atoms with E-state index in [-0.39, 0.29) is 5.02 Å². The third-order valence-electron chi connectivity index (χ3n) is 2.84. The van der Waals surface area contributed by atoms with Crippen LogP contribution in [0, 0.1) is 5.82 Å². The third-order valence-corrected chi connectivity index (χ3v) is 3.76. The minimum atomic E-state index is -0.470. The molecule has 0 saturated heterocycles. The summed E-state index contributed by atoms with van der Waals surface area (Å²) < 4.78 is 19.4. The van der Waals surface area contributed by atoms with E-state index < -0.39 is 11.9 Å². The predicted octanol–water partition coefficient (Wildman–Crippen LogP) is 4.30. The molecule has 0 aliphatic carbocycles.